The number of nitrogens with zero attached hydrogens (tertiary/aromatic N) is 1. The topological polar surface area (TPSA) is 75.7 Å². The molecule has 1 saturated heterocycles. The SMILES string of the molecule is O=C(Nc1ccc2c(c1)Cc1ccccc1-2)c1ccc(S(=O)(=O)N2CCOCC2)cc1. The van der Waals surface area contributed by atoms with Crippen molar-refractivity contribution in [2.24, 2.45) is 0 Å². The molecule has 6 nitrogen and oxygen atoms in total. The Morgan fingerprint density at radius 2 is 1.58 bits per heavy atom. The van der Waals surface area contributed by atoms with E-state index in [4.69, 9.17) is 4.74 Å². The molecule has 2 aliphatic rings. The molecule has 0 bridgehead atoms. The Balaban J connectivity index is 1.31. The van der Waals surface area contributed by atoms with Gasteiger partial charge in [-0.2, -0.15) is 4.31 Å². The van der Waals surface area contributed by atoms with Gasteiger partial charge in [-0.1, -0.05) is 30.3 Å². The van der Waals surface area contributed by atoms with E-state index in [1.165, 1.54) is 38.7 Å². The van der Waals surface area contributed by atoms with E-state index in [1.807, 2.05) is 30.3 Å². The normalized spacial score (nSPS) is 15.9. The van der Waals surface area contributed by atoms with Gasteiger partial charge in [0.25, 0.3) is 5.91 Å². The van der Waals surface area contributed by atoms with Crippen LogP contribution in [-0.2, 0) is 21.2 Å². The number of sulfonamides is 1. The molecular formula is C24H22N2O4S. The molecule has 1 N–H and O–H groups in total. The number of carbonyl (C=O) groups excluding carboxylic acids is 1. The van der Waals surface area contributed by atoms with E-state index in [2.05, 4.69) is 17.4 Å². The third-order valence-electron chi connectivity index (χ3n) is 5.78. The standard InChI is InChI=1S/C24H22N2O4S/c27-24(17-5-8-21(9-6-17)31(28,29)26-11-13-30-14-12-26)25-20-7-10-23-19(16-20)15-18-3-1-2-4-22(18)23/h1-10,16H,11-15H2,(H,25,27). The van der Waals surface area contributed by atoms with E-state index < -0.39 is 10.0 Å². The molecule has 0 unspecified atom stereocenters. The van der Waals surface area contributed by atoms with E-state index in [-0.39, 0.29) is 10.8 Å². The van der Waals surface area contributed by atoms with Crippen LogP contribution in [0.3, 0.4) is 0 Å². The molecule has 0 atom stereocenters. The van der Waals surface area contributed by atoms with Crippen molar-refractivity contribution >= 4 is 21.6 Å². The van der Waals surface area contributed by atoms with Gasteiger partial charge < -0.3 is 10.1 Å². The van der Waals surface area contributed by atoms with E-state index >= 15 is 0 Å². The molecule has 158 valence electrons. The third-order valence-corrected chi connectivity index (χ3v) is 7.69. The molecule has 0 aromatic heterocycles. The number of ether oxygens (including phenoxy) is 1. The first-order valence-corrected chi connectivity index (χ1v) is 11.7. The van der Waals surface area contributed by atoms with Crippen LogP contribution in [0.2, 0.25) is 0 Å². The van der Waals surface area contributed by atoms with Crippen molar-refractivity contribution in [2.45, 2.75) is 11.3 Å². The van der Waals surface area contributed by atoms with Gasteiger partial charge in [0.15, 0.2) is 0 Å². The molecule has 0 saturated carbocycles. The molecule has 0 radical (unpaired) electrons. The zero-order valence-corrected chi connectivity index (χ0v) is 17.7. The first-order chi connectivity index (χ1) is 15.0. The zero-order chi connectivity index (χ0) is 21.4. The Morgan fingerprint density at radius 1 is 0.871 bits per heavy atom. The lowest BCUT2D eigenvalue weighted by molar-refractivity contribution is 0.0730. The molecule has 1 amide bonds. The minimum Gasteiger partial charge on any atom is -0.379 e. The number of morpholine rings is 1. The Labute approximate surface area is 181 Å². The lowest BCUT2D eigenvalue weighted by Crippen LogP contribution is -2.40. The molecule has 1 aliphatic carbocycles. The Hall–Kier alpha value is -3.00. The number of anilines is 1. The quantitative estimate of drug-likeness (QED) is 0.533. The second-order valence-electron chi connectivity index (χ2n) is 7.70. The number of benzene rings is 3. The van der Waals surface area contributed by atoms with Crippen molar-refractivity contribution in [1.82, 2.24) is 4.31 Å². The number of carbonyl (C=O) groups is 1. The lowest BCUT2D eigenvalue weighted by atomic mass is 10.1. The van der Waals surface area contributed by atoms with Gasteiger partial charge in [-0.15, -0.1) is 0 Å². The van der Waals surface area contributed by atoms with Crippen molar-refractivity contribution in [2.75, 3.05) is 31.6 Å². The first kappa shape index (κ1) is 19.9. The molecule has 7 heteroatoms. The minimum atomic E-state index is -3.57. The first-order valence-electron chi connectivity index (χ1n) is 10.2. The summed E-state index contributed by atoms with van der Waals surface area (Å²) in [7, 11) is -3.57. The highest BCUT2D eigenvalue weighted by Crippen LogP contribution is 2.37. The van der Waals surface area contributed by atoms with Crippen LogP contribution in [0.25, 0.3) is 11.1 Å². The summed E-state index contributed by atoms with van der Waals surface area (Å²) in [6.07, 6.45) is 0.851. The fourth-order valence-corrected chi connectivity index (χ4v) is 5.55. The molecule has 31 heavy (non-hydrogen) atoms. The fraction of sp³-hybridized carbons (Fsp3) is 0.208. The number of nitrogens with one attached hydrogen (secondary N) is 1. The van der Waals surface area contributed by atoms with E-state index in [0.717, 1.165) is 12.1 Å². The highest BCUT2D eigenvalue weighted by Gasteiger charge is 2.26. The van der Waals surface area contributed by atoms with Crippen LogP contribution in [0.4, 0.5) is 5.69 Å². The molecule has 3 aromatic carbocycles. The van der Waals surface area contributed by atoms with Crippen LogP contribution in [-0.4, -0.2) is 44.9 Å². The molecule has 3 aromatic rings. The van der Waals surface area contributed by atoms with E-state index in [9.17, 15) is 13.2 Å². The Bertz CT molecular complexity index is 1250. The van der Waals surface area contributed by atoms with Gasteiger partial charge in [-0.3, -0.25) is 4.79 Å². The predicted octanol–water partition coefficient (Wildman–Crippen LogP) is 3.53. The fourth-order valence-electron chi connectivity index (χ4n) is 4.14. The molecular weight excluding hydrogens is 412 g/mol. The summed E-state index contributed by atoms with van der Waals surface area (Å²) in [6.45, 7) is 1.47. The van der Waals surface area contributed by atoms with Crippen LogP contribution in [0.1, 0.15) is 21.5 Å². The maximum absolute atomic E-state index is 12.7. The van der Waals surface area contributed by atoms with E-state index in [1.54, 1.807) is 12.1 Å². The second kappa shape index (κ2) is 7.92. The summed E-state index contributed by atoms with van der Waals surface area (Å²) < 4.78 is 32.1. The average Bonchev–Trinajstić information content (AvgIpc) is 3.17. The van der Waals surface area contributed by atoms with Gasteiger partial charge >= 0.3 is 0 Å². The number of rotatable bonds is 4. The van der Waals surface area contributed by atoms with Crippen LogP contribution >= 0.6 is 0 Å². The van der Waals surface area contributed by atoms with Crippen molar-refractivity contribution in [3.05, 3.63) is 83.4 Å². The van der Waals surface area contributed by atoms with Crippen LogP contribution in [0, 0.1) is 0 Å². The Morgan fingerprint density at radius 3 is 2.35 bits per heavy atom. The number of fused-ring (bicyclic) bond motifs is 3. The van der Waals surface area contributed by atoms with Crippen LogP contribution < -0.4 is 5.32 Å². The smallest absolute Gasteiger partial charge is 0.255 e. The molecule has 5 rings (SSSR count). The highest BCUT2D eigenvalue weighted by molar-refractivity contribution is 7.89. The van der Waals surface area contributed by atoms with Crippen molar-refractivity contribution in [1.29, 1.82) is 0 Å². The average molecular weight is 435 g/mol. The predicted molar refractivity (Wildman–Crippen MR) is 119 cm³/mol. The maximum atomic E-state index is 12.7. The van der Waals surface area contributed by atoms with Gasteiger partial charge in [-0.25, -0.2) is 8.42 Å². The maximum Gasteiger partial charge on any atom is 0.255 e. The minimum absolute atomic E-state index is 0.182. The number of hydrogen-bond donors (Lipinski definition) is 1. The molecule has 1 aliphatic heterocycles. The lowest BCUT2D eigenvalue weighted by Gasteiger charge is -2.26. The van der Waals surface area contributed by atoms with Crippen molar-refractivity contribution < 1.29 is 17.9 Å². The summed E-state index contributed by atoms with van der Waals surface area (Å²) in [5, 5.41) is 2.92. The molecule has 1 heterocycles. The van der Waals surface area contributed by atoms with Gasteiger partial charge in [0.1, 0.15) is 0 Å². The third kappa shape index (κ3) is 3.76. The number of amides is 1. The largest absolute Gasteiger partial charge is 0.379 e. The number of hydrogen-bond acceptors (Lipinski definition) is 4. The summed E-state index contributed by atoms with van der Waals surface area (Å²) in [5.41, 5.74) is 6.05. The highest BCUT2D eigenvalue weighted by atomic mass is 32.2. The summed E-state index contributed by atoms with van der Waals surface area (Å²) in [6, 6.07) is 20.3. The van der Waals surface area contributed by atoms with Crippen molar-refractivity contribution in [3.63, 3.8) is 0 Å². The Kier molecular flexibility index (Phi) is 5.09. The molecule has 1 fully saturated rings. The van der Waals surface area contributed by atoms with Crippen LogP contribution in [0.5, 0.6) is 0 Å². The molecule has 0 spiro atoms. The van der Waals surface area contributed by atoms with Gasteiger partial charge in [0.05, 0.1) is 18.1 Å². The van der Waals surface area contributed by atoms with Gasteiger partial charge in [0, 0.05) is 24.3 Å². The zero-order valence-electron chi connectivity index (χ0n) is 16.9. The van der Waals surface area contributed by atoms with Crippen LogP contribution in [0.15, 0.2) is 71.6 Å². The van der Waals surface area contributed by atoms with Gasteiger partial charge in [0.2, 0.25) is 10.0 Å². The van der Waals surface area contributed by atoms with Crippen molar-refractivity contribution in [3.8, 4) is 11.1 Å². The summed E-state index contributed by atoms with van der Waals surface area (Å²) in [4.78, 5) is 12.9. The summed E-state index contributed by atoms with van der Waals surface area (Å²) >= 11 is 0. The second-order valence-corrected chi connectivity index (χ2v) is 9.64. The van der Waals surface area contributed by atoms with Gasteiger partial charge in [-0.05, 0) is 65.1 Å². The summed E-state index contributed by atoms with van der Waals surface area (Å²) in [5.74, 6) is -0.272. The monoisotopic (exact) mass is 434 g/mol. The van der Waals surface area contributed by atoms with E-state index in [0.29, 0.717) is 31.9 Å².